The Morgan fingerprint density at radius 3 is 3.00 bits per heavy atom. The van der Waals surface area contributed by atoms with Crippen LogP contribution in [0.3, 0.4) is 0 Å². The number of nitrogens with zero attached hydrogens (tertiary/aromatic N) is 5. The summed E-state index contributed by atoms with van der Waals surface area (Å²) in [7, 11) is 0. The fourth-order valence-corrected chi connectivity index (χ4v) is 2.36. The van der Waals surface area contributed by atoms with Crippen LogP contribution < -0.4 is 0 Å². The largest absolute Gasteiger partial charge is 0.277 e. The van der Waals surface area contributed by atoms with Crippen molar-refractivity contribution in [3.05, 3.63) is 41.9 Å². The quantitative estimate of drug-likeness (QED) is 0.664. The maximum Gasteiger partial charge on any atom is 0.201 e. The zero-order valence-corrected chi connectivity index (χ0v) is 10.1. The number of aromatic nitrogens is 5. The topological polar surface area (TPSA) is 56.0 Å². The van der Waals surface area contributed by atoms with Crippen LogP contribution in [-0.2, 0) is 0 Å². The van der Waals surface area contributed by atoms with Crippen molar-refractivity contribution in [2.45, 2.75) is 10.2 Å². The van der Waals surface area contributed by atoms with Gasteiger partial charge in [-0.05, 0) is 23.9 Å². The van der Waals surface area contributed by atoms with Crippen LogP contribution in [0.25, 0.3) is 5.65 Å². The molecule has 0 fully saturated rings. The Hall–Kier alpha value is -1.66. The molecular formula is C10H6ClN5S. The summed E-state index contributed by atoms with van der Waals surface area (Å²) in [6, 6.07) is 7.42. The van der Waals surface area contributed by atoms with Crippen LogP contribution in [0.4, 0.5) is 0 Å². The van der Waals surface area contributed by atoms with Crippen molar-refractivity contribution in [3.63, 3.8) is 0 Å². The molecule has 0 atom stereocenters. The monoisotopic (exact) mass is 263 g/mol. The minimum atomic E-state index is 0.413. The van der Waals surface area contributed by atoms with Crippen LogP contribution in [-0.4, -0.2) is 24.6 Å². The maximum absolute atomic E-state index is 5.80. The zero-order chi connectivity index (χ0) is 11.7. The minimum absolute atomic E-state index is 0.413. The standard InChI is InChI=1S/C10H6ClN5S/c11-7-5-9(13-6-12-7)17-10-15-14-8-3-1-2-4-16(8)10/h1-6H. The molecule has 5 nitrogen and oxygen atoms in total. The summed E-state index contributed by atoms with van der Waals surface area (Å²) in [5.74, 6) is 0. The van der Waals surface area contributed by atoms with Gasteiger partial charge < -0.3 is 0 Å². The Bertz CT molecular complexity index is 668. The second-order valence-corrected chi connectivity index (χ2v) is 4.57. The lowest BCUT2D eigenvalue weighted by Gasteiger charge is -1.98. The van der Waals surface area contributed by atoms with Crippen LogP contribution in [0.2, 0.25) is 5.15 Å². The number of hydrogen-bond acceptors (Lipinski definition) is 5. The van der Waals surface area contributed by atoms with Gasteiger partial charge in [0.15, 0.2) is 5.65 Å². The fraction of sp³-hybridized carbons (Fsp3) is 0. The highest BCUT2D eigenvalue weighted by Crippen LogP contribution is 2.25. The van der Waals surface area contributed by atoms with Crippen molar-refractivity contribution >= 4 is 29.0 Å². The lowest BCUT2D eigenvalue weighted by molar-refractivity contribution is 0.914. The lowest BCUT2D eigenvalue weighted by Crippen LogP contribution is -1.88. The molecule has 0 saturated carbocycles. The Balaban J connectivity index is 2.00. The smallest absolute Gasteiger partial charge is 0.201 e. The van der Waals surface area contributed by atoms with E-state index in [1.165, 1.54) is 18.1 Å². The van der Waals surface area contributed by atoms with E-state index >= 15 is 0 Å². The molecule has 0 radical (unpaired) electrons. The molecule has 3 heterocycles. The normalized spacial score (nSPS) is 10.9. The summed E-state index contributed by atoms with van der Waals surface area (Å²) >= 11 is 7.19. The van der Waals surface area contributed by atoms with E-state index in [0.29, 0.717) is 5.15 Å². The van der Waals surface area contributed by atoms with Crippen molar-refractivity contribution < 1.29 is 0 Å². The van der Waals surface area contributed by atoms with Gasteiger partial charge in [0.25, 0.3) is 0 Å². The van der Waals surface area contributed by atoms with Gasteiger partial charge in [-0.15, -0.1) is 10.2 Å². The molecule has 0 saturated heterocycles. The third-order valence-electron chi connectivity index (χ3n) is 2.09. The highest BCUT2D eigenvalue weighted by molar-refractivity contribution is 7.99. The van der Waals surface area contributed by atoms with Crippen LogP contribution in [0, 0.1) is 0 Å². The molecule has 0 aliphatic carbocycles. The average molecular weight is 264 g/mol. The van der Waals surface area contributed by atoms with Gasteiger partial charge in [0.1, 0.15) is 16.5 Å². The molecule has 17 heavy (non-hydrogen) atoms. The van der Waals surface area contributed by atoms with Crippen molar-refractivity contribution in [1.29, 1.82) is 0 Å². The molecule has 7 heteroatoms. The third kappa shape index (κ3) is 2.09. The van der Waals surface area contributed by atoms with E-state index in [0.717, 1.165) is 15.8 Å². The first-order chi connectivity index (χ1) is 8.33. The van der Waals surface area contributed by atoms with Crippen LogP contribution in [0.15, 0.2) is 47.0 Å². The molecule has 0 bridgehead atoms. The molecule has 3 aromatic rings. The minimum Gasteiger partial charge on any atom is -0.277 e. The van der Waals surface area contributed by atoms with Crippen molar-refractivity contribution in [3.8, 4) is 0 Å². The van der Waals surface area contributed by atoms with Crippen LogP contribution in [0.1, 0.15) is 0 Å². The van der Waals surface area contributed by atoms with Crippen molar-refractivity contribution in [2.75, 3.05) is 0 Å². The number of halogens is 1. The Morgan fingerprint density at radius 2 is 2.12 bits per heavy atom. The SMILES string of the molecule is Clc1cc(Sc2nnc3ccccn23)ncn1. The fourth-order valence-electron chi connectivity index (χ4n) is 1.36. The first kappa shape index (κ1) is 10.5. The third-order valence-corrected chi connectivity index (χ3v) is 3.19. The van der Waals surface area contributed by atoms with E-state index < -0.39 is 0 Å². The van der Waals surface area contributed by atoms with Gasteiger partial charge in [-0.3, -0.25) is 4.40 Å². The van der Waals surface area contributed by atoms with Crippen molar-refractivity contribution in [1.82, 2.24) is 24.6 Å². The van der Waals surface area contributed by atoms with E-state index in [2.05, 4.69) is 20.2 Å². The van der Waals surface area contributed by atoms with Gasteiger partial charge in [0, 0.05) is 12.3 Å². The van der Waals surface area contributed by atoms with Crippen LogP contribution in [0.5, 0.6) is 0 Å². The van der Waals surface area contributed by atoms with E-state index in [4.69, 9.17) is 11.6 Å². The summed E-state index contributed by atoms with van der Waals surface area (Å²) in [4.78, 5) is 7.94. The molecule has 0 aliphatic rings. The summed E-state index contributed by atoms with van der Waals surface area (Å²) < 4.78 is 1.89. The number of rotatable bonds is 2. The Labute approximate surface area is 106 Å². The summed E-state index contributed by atoms with van der Waals surface area (Å²) in [6.07, 6.45) is 3.33. The van der Waals surface area contributed by atoms with E-state index in [1.807, 2.05) is 28.8 Å². The van der Waals surface area contributed by atoms with Gasteiger partial charge in [-0.2, -0.15) is 0 Å². The van der Waals surface area contributed by atoms with Gasteiger partial charge in [-0.1, -0.05) is 17.7 Å². The summed E-state index contributed by atoms with van der Waals surface area (Å²) in [5, 5.41) is 10.0. The first-order valence-corrected chi connectivity index (χ1v) is 5.97. The lowest BCUT2D eigenvalue weighted by atomic mass is 10.5. The molecular weight excluding hydrogens is 258 g/mol. The van der Waals surface area contributed by atoms with E-state index in [9.17, 15) is 0 Å². The number of fused-ring (bicyclic) bond motifs is 1. The molecule has 3 aromatic heterocycles. The van der Waals surface area contributed by atoms with E-state index in [-0.39, 0.29) is 0 Å². The van der Waals surface area contributed by atoms with E-state index in [1.54, 1.807) is 6.07 Å². The molecule has 0 aliphatic heterocycles. The van der Waals surface area contributed by atoms with Crippen LogP contribution >= 0.6 is 23.4 Å². The Morgan fingerprint density at radius 1 is 1.18 bits per heavy atom. The second-order valence-electron chi connectivity index (χ2n) is 3.19. The molecule has 0 spiro atoms. The van der Waals surface area contributed by atoms with Crippen molar-refractivity contribution in [2.24, 2.45) is 0 Å². The summed E-state index contributed by atoms with van der Waals surface area (Å²) in [6.45, 7) is 0. The second kappa shape index (κ2) is 4.31. The predicted molar refractivity (Wildman–Crippen MR) is 64.2 cm³/mol. The predicted octanol–water partition coefficient (Wildman–Crippen LogP) is 2.32. The number of hydrogen-bond donors (Lipinski definition) is 0. The maximum atomic E-state index is 5.80. The molecule has 0 aromatic carbocycles. The average Bonchev–Trinajstić information content (AvgIpc) is 2.73. The zero-order valence-electron chi connectivity index (χ0n) is 8.49. The molecule has 0 unspecified atom stereocenters. The number of pyridine rings is 1. The highest BCUT2D eigenvalue weighted by Gasteiger charge is 2.07. The first-order valence-electron chi connectivity index (χ1n) is 4.78. The van der Waals surface area contributed by atoms with Gasteiger partial charge in [0.2, 0.25) is 5.16 Å². The molecule has 0 N–H and O–H groups in total. The van der Waals surface area contributed by atoms with Gasteiger partial charge in [0.05, 0.1) is 0 Å². The highest BCUT2D eigenvalue weighted by atomic mass is 35.5. The molecule has 0 amide bonds. The molecule has 3 rings (SSSR count). The van der Waals surface area contributed by atoms with Gasteiger partial charge in [-0.25, -0.2) is 9.97 Å². The van der Waals surface area contributed by atoms with Gasteiger partial charge >= 0.3 is 0 Å². The summed E-state index contributed by atoms with van der Waals surface area (Å²) in [5.41, 5.74) is 0.801. The molecule has 84 valence electrons. The Kier molecular flexibility index (Phi) is 2.66.